The van der Waals surface area contributed by atoms with E-state index < -0.39 is 0 Å². The third-order valence-electron chi connectivity index (χ3n) is 4.52. The van der Waals surface area contributed by atoms with Gasteiger partial charge in [0, 0.05) is 29.8 Å². The predicted octanol–water partition coefficient (Wildman–Crippen LogP) is 2.35. The second-order valence-electron chi connectivity index (χ2n) is 6.24. The van der Waals surface area contributed by atoms with Crippen molar-refractivity contribution in [1.82, 2.24) is 15.5 Å². The number of likely N-dealkylation sites (tertiary alicyclic amines) is 1. The lowest BCUT2D eigenvalue weighted by Crippen LogP contribution is -2.46. The molecule has 3 N–H and O–H groups in total. The Morgan fingerprint density at radius 1 is 1.40 bits per heavy atom. The molecule has 1 aromatic carbocycles. The van der Waals surface area contributed by atoms with Gasteiger partial charge < -0.3 is 16.0 Å². The maximum absolute atomic E-state index is 12.2. The molecule has 0 spiro atoms. The summed E-state index contributed by atoms with van der Waals surface area (Å²) in [7, 11) is 1.72. The highest BCUT2D eigenvalue weighted by molar-refractivity contribution is 9.10. The summed E-state index contributed by atoms with van der Waals surface area (Å²) >= 11 is 3.42. The van der Waals surface area contributed by atoms with E-state index in [9.17, 15) is 4.79 Å². The number of hydrogen-bond donors (Lipinski definition) is 3. The minimum Gasteiger partial charge on any atom is -0.355 e. The Balaban J connectivity index is 1.78. The van der Waals surface area contributed by atoms with Crippen LogP contribution in [0.5, 0.6) is 0 Å². The van der Waals surface area contributed by atoms with Gasteiger partial charge in [-0.1, -0.05) is 28.9 Å². The fourth-order valence-corrected chi connectivity index (χ4v) is 3.43. The smallest absolute Gasteiger partial charge is 0.243 e. The van der Waals surface area contributed by atoms with Crippen molar-refractivity contribution in [3.05, 3.63) is 28.2 Å². The topological polar surface area (TPSA) is 68.8 Å². The molecule has 0 saturated carbocycles. The molecule has 1 saturated heterocycles. The number of aliphatic imine (C=N–C) groups is 1. The van der Waals surface area contributed by atoms with Gasteiger partial charge in [0.15, 0.2) is 5.96 Å². The number of hydrogen-bond acceptors (Lipinski definition) is 3. The molecular formula is C18H28BrN5O. The van der Waals surface area contributed by atoms with Gasteiger partial charge in [-0.15, -0.1) is 0 Å². The van der Waals surface area contributed by atoms with Crippen LogP contribution in [0.4, 0.5) is 5.69 Å². The molecule has 0 aromatic heterocycles. The number of likely N-dealkylation sites (N-methyl/N-ethyl adjacent to an activating group) is 1. The van der Waals surface area contributed by atoms with E-state index in [1.54, 1.807) is 7.05 Å². The molecule has 0 aliphatic carbocycles. The summed E-state index contributed by atoms with van der Waals surface area (Å²) in [5.41, 5.74) is 1.84. The van der Waals surface area contributed by atoms with Crippen molar-refractivity contribution >= 4 is 33.5 Å². The summed E-state index contributed by atoms with van der Waals surface area (Å²) in [6, 6.07) is 6.37. The lowest BCUT2D eigenvalue weighted by molar-refractivity contribution is -0.115. The van der Waals surface area contributed by atoms with Gasteiger partial charge in [0.25, 0.3) is 0 Å². The zero-order chi connectivity index (χ0) is 18.2. The Morgan fingerprint density at radius 2 is 2.20 bits per heavy atom. The van der Waals surface area contributed by atoms with Gasteiger partial charge in [-0.3, -0.25) is 14.7 Å². The van der Waals surface area contributed by atoms with Crippen LogP contribution in [0.1, 0.15) is 25.3 Å². The highest BCUT2D eigenvalue weighted by Crippen LogP contribution is 2.20. The monoisotopic (exact) mass is 409 g/mol. The second-order valence-corrected chi connectivity index (χ2v) is 7.15. The van der Waals surface area contributed by atoms with Crippen molar-refractivity contribution in [2.24, 2.45) is 4.99 Å². The molecule has 1 aliphatic rings. The molecule has 2 rings (SSSR count). The number of aryl methyl sites for hydroxylation is 1. The van der Waals surface area contributed by atoms with E-state index in [2.05, 4.69) is 48.7 Å². The SMILES string of the molecule is CCN1CCCC1CNC(=NC)NCC(=O)Nc1cc(Br)ccc1C. The van der Waals surface area contributed by atoms with Crippen molar-refractivity contribution in [2.45, 2.75) is 32.7 Å². The summed E-state index contributed by atoms with van der Waals surface area (Å²) in [5, 5.41) is 9.32. The van der Waals surface area contributed by atoms with Crippen LogP contribution in [0.3, 0.4) is 0 Å². The van der Waals surface area contributed by atoms with Crippen molar-refractivity contribution in [3.63, 3.8) is 0 Å². The van der Waals surface area contributed by atoms with E-state index >= 15 is 0 Å². The molecule has 138 valence electrons. The van der Waals surface area contributed by atoms with E-state index in [4.69, 9.17) is 0 Å². The summed E-state index contributed by atoms with van der Waals surface area (Å²) in [5.74, 6) is 0.560. The van der Waals surface area contributed by atoms with Crippen LogP contribution in [-0.4, -0.2) is 56.0 Å². The van der Waals surface area contributed by atoms with E-state index in [-0.39, 0.29) is 12.5 Å². The minimum absolute atomic E-state index is 0.0970. The van der Waals surface area contributed by atoms with Crippen LogP contribution in [0.25, 0.3) is 0 Å². The maximum atomic E-state index is 12.2. The van der Waals surface area contributed by atoms with Gasteiger partial charge in [-0.05, 0) is 50.6 Å². The molecule has 1 atom stereocenters. The zero-order valence-corrected chi connectivity index (χ0v) is 16.8. The average Bonchev–Trinajstić information content (AvgIpc) is 3.06. The van der Waals surface area contributed by atoms with Gasteiger partial charge >= 0.3 is 0 Å². The van der Waals surface area contributed by atoms with Crippen LogP contribution in [0.15, 0.2) is 27.7 Å². The molecule has 0 bridgehead atoms. The van der Waals surface area contributed by atoms with Crippen molar-refractivity contribution < 1.29 is 4.79 Å². The Morgan fingerprint density at radius 3 is 2.92 bits per heavy atom. The minimum atomic E-state index is -0.0970. The van der Waals surface area contributed by atoms with Crippen LogP contribution in [0.2, 0.25) is 0 Å². The number of rotatable bonds is 6. The quantitative estimate of drug-likeness (QED) is 0.498. The van der Waals surface area contributed by atoms with Gasteiger partial charge in [0.05, 0.1) is 6.54 Å². The number of nitrogens with one attached hydrogen (secondary N) is 3. The number of halogens is 1. The zero-order valence-electron chi connectivity index (χ0n) is 15.2. The van der Waals surface area contributed by atoms with Gasteiger partial charge in [0.1, 0.15) is 0 Å². The number of nitrogens with zero attached hydrogens (tertiary/aromatic N) is 2. The molecule has 1 fully saturated rings. The Hall–Kier alpha value is -1.60. The van der Waals surface area contributed by atoms with Crippen LogP contribution in [-0.2, 0) is 4.79 Å². The number of anilines is 1. The average molecular weight is 410 g/mol. The molecular weight excluding hydrogens is 382 g/mol. The largest absolute Gasteiger partial charge is 0.355 e. The molecule has 1 amide bonds. The van der Waals surface area contributed by atoms with E-state index in [0.29, 0.717) is 12.0 Å². The number of carbonyl (C=O) groups is 1. The molecule has 1 aromatic rings. The molecule has 7 heteroatoms. The van der Waals surface area contributed by atoms with Crippen LogP contribution in [0, 0.1) is 6.92 Å². The Labute approximate surface area is 158 Å². The molecule has 6 nitrogen and oxygen atoms in total. The first kappa shape index (κ1) is 19.7. The van der Waals surface area contributed by atoms with E-state index in [1.165, 1.54) is 19.4 Å². The summed E-state index contributed by atoms with van der Waals surface area (Å²) in [6.45, 7) is 7.43. The highest BCUT2D eigenvalue weighted by atomic mass is 79.9. The maximum Gasteiger partial charge on any atom is 0.243 e. The number of carbonyl (C=O) groups excluding carboxylic acids is 1. The highest BCUT2D eigenvalue weighted by Gasteiger charge is 2.22. The van der Waals surface area contributed by atoms with E-state index in [1.807, 2.05) is 25.1 Å². The number of benzene rings is 1. The molecule has 0 radical (unpaired) electrons. The fourth-order valence-electron chi connectivity index (χ4n) is 3.07. The lowest BCUT2D eigenvalue weighted by atomic mass is 10.2. The predicted molar refractivity (Wildman–Crippen MR) is 107 cm³/mol. The lowest BCUT2D eigenvalue weighted by Gasteiger charge is -2.23. The molecule has 1 heterocycles. The number of amides is 1. The first-order valence-electron chi connectivity index (χ1n) is 8.78. The second kappa shape index (κ2) is 9.77. The van der Waals surface area contributed by atoms with Crippen LogP contribution < -0.4 is 16.0 Å². The fraction of sp³-hybridized carbons (Fsp3) is 0.556. The molecule has 25 heavy (non-hydrogen) atoms. The first-order chi connectivity index (χ1) is 12.0. The van der Waals surface area contributed by atoms with Crippen molar-refractivity contribution in [2.75, 3.05) is 38.5 Å². The van der Waals surface area contributed by atoms with Gasteiger partial charge in [-0.2, -0.15) is 0 Å². The first-order valence-corrected chi connectivity index (χ1v) is 9.57. The Kier molecular flexibility index (Phi) is 7.71. The van der Waals surface area contributed by atoms with E-state index in [0.717, 1.165) is 28.8 Å². The van der Waals surface area contributed by atoms with Gasteiger partial charge in [-0.25, -0.2) is 0 Å². The standard InChI is InChI=1S/C18H28BrN5O/c1-4-24-9-5-6-15(24)11-21-18(20-3)22-12-17(25)23-16-10-14(19)8-7-13(16)2/h7-8,10,15H,4-6,9,11-12H2,1-3H3,(H,23,25)(H2,20,21,22). The Bertz CT molecular complexity index is 619. The normalized spacial score (nSPS) is 18.2. The third kappa shape index (κ3) is 6.01. The molecule has 1 unspecified atom stereocenters. The summed E-state index contributed by atoms with van der Waals surface area (Å²) < 4.78 is 0.941. The number of guanidine groups is 1. The third-order valence-corrected chi connectivity index (χ3v) is 5.02. The summed E-state index contributed by atoms with van der Waals surface area (Å²) in [6.07, 6.45) is 2.46. The molecule has 1 aliphatic heterocycles. The van der Waals surface area contributed by atoms with Gasteiger partial charge in [0.2, 0.25) is 5.91 Å². The van der Waals surface area contributed by atoms with Crippen LogP contribution >= 0.6 is 15.9 Å². The van der Waals surface area contributed by atoms with Crippen molar-refractivity contribution in [1.29, 1.82) is 0 Å². The summed E-state index contributed by atoms with van der Waals surface area (Å²) in [4.78, 5) is 18.8. The van der Waals surface area contributed by atoms with Crippen molar-refractivity contribution in [3.8, 4) is 0 Å².